The molecular formula is C33H25N5O7. The second-order valence-corrected chi connectivity index (χ2v) is 9.99. The number of nitro groups is 1. The molecule has 4 aromatic carbocycles. The first-order valence-corrected chi connectivity index (χ1v) is 13.7. The molecular weight excluding hydrogens is 578 g/mol. The Bertz CT molecular complexity index is 2130. The number of rotatable bonds is 9. The maximum Gasteiger partial charge on any atom is 0.315 e. The summed E-state index contributed by atoms with van der Waals surface area (Å²) in [6.07, 6.45) is 1.27. The second-order valence-electron chi connectivity index (χ2n) is 9.99. The summed E-state index contributed by atoms with van der Waals surface area (Å²) in [6, 6.07) is 25.8. The molecule has 0 saturated carbocycles. The second kappa shape index (κ2) is 12.1. The quantitative estimate of drug-likeness (QED) is 0.121. The van der Waals surface area contributed by atoms with E-state index in [-0.39, 0.29) is 22.9 Å². The van der Waals surface area contributed by atoms with Gasteiger partial charge in [-0.2, -0.15) is 9.78 Å². The minimum Gasteiger partial charge on any atom is -0.493 e. The van der Waals surface area contributed by atoms with Crippen molar-refractivity contribution < 1.29 is 23.6 Å². The number of hydrogen-bond donors (Lipinski definition) is 1. The number of fused-ring (bicyclic) bond motifs is 2. The number of ether oxygens (including phenoxy) is 2. The molecule has 6 rings (SSSR count). The number of aryl methyl sites for hydroxylation is 1. The number of furan rings is 1. The normalized spacial score (nSPS) is 11.2. The van der Waals surface area contributed by atoms with Crippen LogP contribution >= 0.6 is 0 Å². The lowest BCUT2D eigenvalue weighted by atomic mass is 10.2. The summed E-state index contributed by atoms with van der Waals surface area (Å²) in [6.45, 7) is 1.42. The fraction of sp³-hybridized carbons (Fsp3) is 0.0909. The SMILES string of the molecule is COc1cc(C=Nn2c(-c3cc4ccccc4o3)nc3ccccc3c2=O)cc([N+](=O)[O-])c1OCC(=O)Nc1ccc(C)cc1. The maximum atomic E-state index is 13.6. The minimum atomic E-state index is -0.656. The van der Waals surface area contributed by atoms with Crippen molar-refractivity contribution in [2.75, 3.05) is 19.0 Å². The number of methoxy groups -OCH3 is 1. The number of aromatic nitrogens is 2. The van der Waals surface area contributed by atoms with Crippen molar-refractivity contribution in [3.05, 3.63) is 123 Å². The van der Waals surface area contributed by atoms with Gasteiger partial charge in [0.05, 0.1) is 29.2 Å². The van der Waals surface area contributed by atoms with E-state index in [4.69, 9.17) is 13.9 Å². The fourth-order valence-electron chi connectivity index (χ4n) is 4.69. The van der Waals surface area contributed by atoms with Crippen molar-refractivity contribution >= 4 is 45.4 Å². The van der Waals surface area contributed by atoms with Gasteiger partial charge >= 0.3 is 5.69 Å². The summed E-state index contributed by atoms with van der Waals surface area (Å²) in [7, 11) is 1.32. The topological polar surface area (TPSA) is 151 Å². The summed E-state index contributed by atoms with van der Waals surface area (Å²) in [5.74, 6) is -0.289. The Labute approximate surface area is 255 Å². The highest BCUT2D eigenvalue weighted by Gasteiger charge is 2.23. The zero-order chi connectivity index (χ0) is 31.5. The lowest BCUT2D eigenvalue weighted by molar-refractivity contribution is -0.385. The molecule has 224 valence electrons. The van der Waals surface area contributed by atoms with Crippen LogP contribution in [-0.4, -0.2) is 40.4 Å². The molecule has 0 unspecified atom stereocenters. The molecule has 2 aromatic heterocycles. The van der Waals surface area contributed by atoms with Gasteiger partial charge in [0, 0.05) is 22.7 Å². The van der Waals surface area contributed by atoms with E-state index in [1.807, 2.05) is 37.3 Å². The Balaban J connectivity index is 1.35. The van der Waals surface area contributed by atoms with Gasteiger partial charge in [-0.3, -0.25) is 19.7 Å². The highest BCUT2D eigenvalue weighted by atomic mass is 16.6. The molecule has 0 aliphatic heterocycles. The van der Waals surface area contributed by atoms with Gasteiger partial charge in [-0.25, -0.2) is 4.98 Å². The van der Waals surface area contributed by atoms with E-state index in [9.17, 15) is 19.7 Å². The third kappa shape index (κ3) is 5.97. The number of nitro benzene ring substituents is 1. The lowest BCUT2D eigenvalue weighted by Crippen LogP contribution is -2.21. The number of hydrogen-bond acceptors (Lipinski definition) is 9. The van der Waals surface area contributed by atoms with Crippen LogP contribution in [0.3, 0.4) is 0 Å². The molecule has 0 aliphatic rings. The van der Waals surface area contributed by atoms with Crippen LogP contribution in [0, 0.1) is 17.0 Å². The summed E-state index contributed by atoms with van der Waals surface area (Å²) < 4.78 is 18.0. The first-order chi connectivity index (χ1) is 21.8. The molecule has 1 amide bonds. The number of amides is 1. The van der Waals surface area contributed by atoms with Crippen LogP contribution in [0.4, 0.5) is 11.4 Å². The van der Waals surface area contributed by atoms with Gasteiger partial charge in [0.2, 0.25) is 11.6 Å². The third-order valence-corrected chi connectivity index (χ3v) is 6.88. The van der Waals surface area contributed by atoms with Crippen molar-refractivity contribution in [2.45, 2.75) is 6.92 Å². The van der Waals surface area contributed by atoms with Crippen molar-refractivity contribution in [2.24, 2.45) is 5.10 Å². The van der Waals surface area contributed by atoms with E-state index in [1.54, 1.807) is 48.5 Å². The molecule has 0 bridgehead atoms. The zero-order valence-electron chi connectivity index (χ0n) is 24.1. The molecule has 12 heteroatoms. The van der Waals surface area contributed by atoms with E-state index in [1.165, 1.54) is 25.5 Å². The van der Waals surface area contributed by atoms with Gasteiger partial charge in [0.25, 0.3) is 11.5 Å². The predicted octanol–water partition coefficient (Wildman–Crippen LogP) is 5.93. The van der Waals surface area contributed by atoms with E-state index >= 15 is 0 Å². The molecule has 2 heterocycles. The Hall–Kier alpha value is -6.30. The Morgan fingerprint density at radius 3 is 2.58 bits per heavy atom. The third-order valence-electron chi connectivity index (χ3n) is 6.88. The Morgan fingerprint density at radius 1 is 1.07 bits per heavy atom. The summed E-state index contributed by atoms with van der Waals surface area (Å²) >= 11 is 0. The van der Waals surface area contributed by atoms with Crippen molar-refractivity contribution in [1.29, 1.82) is 0 Å². The predicted molar refractivity (Wildman–Crippen MR) is 169 cm³/mol. The van der Waals surface area contributed by atoms with E-state index < -0.39 is 28.7 Å². The number of benzene rings is 4. The van der Waals surface area contributed by atoms with Crippen molar-refractivity contribution in [3.63, 3.8) is 0 Å². The molecule has 0 spiro atoms. The number of para-hydroxylation sites is 2. The zero-order valence-corrected chi connectivity index (χ0v) is 24.1. The highest BCUT2D eigenvalue weighted by Crippen LogP contribution is 2.38. The first kappa shape index (κ1) is 28.8. The lowest BCUT2D eigenvalue weighted by Gasteiger charge is -2.12. The molecule has 0 atom stereocenters. The van der Waals surface area contributed by atoms with Gasteiger partial charge in [0.15, 0.2) is 18.1 Å². The van der Waals surface area contributed by atoms with Gasteiger partial charge in [0.1, 0.15) is 5.58 Å². The molecule has 0 aliphatic carbocycles. The van der Waals surface area contributed by atoms with Crippen LogP contribution in [0.15, 0.2) is 105 Å². The summed E-state index contributed by atoms with van der Waals surface area (Å²) in [5.41, 5.74) is 1.95. The van der Waals surface area contributed by atoms with Crippen LogP contribution in [0.2, 0.25) is 0 Å². The fourth-order valence-corrected chi connectivity index (χ4v) is 4.69. The van der Waals surface area contributed by atoms with Crippen LogP contribution in [0.25, 0.3) is 33.5 Å². The minimum absolute atomic E-state index is 0.00437. The van der Waals surface area contributed by atoms with Gasteiger partial charge in [-0.05, 0) is 49.4 Å². The summed E-state index contributed by atoms with van der Waals surface area (Å²) in [4.78, 5) is 42.1. The van der Waals surface area contributed by atoms with Gasteiger partial charge in [-0.1, -0.05) is 48.0 Å². The molecule has 0 radical (unpaired) electrons. The monoisotopic (exact) mass is 603 g/mol. The van der Waals surface area contributed by atoms with Gasteiger partial charge in [-0.15, -0.1) is 0 Å². The van der Waals surface area contributed by atoms with E-state index in [0.717, 1.165) is 15.6 Å². The molecule has 0 fully saturated rings. The largest absolute Gasteiger partial charge is 0.493 e. The average Bonchev–Trinajstić information content (AvgIpc) is 3.48. The van der Waals surface area contributed by atoms with Gasteiger partial charge < -0.3 is 19.2 Å². The molecule has 6 aromatic rings. The molecule has 45 heavy (non-hydrogen) atoms. The molecule has 0 saturated heterocycles. The number of anilines is 1. The van der Waals surface area contributed by atoms with Crippen LogP contribution < -0.4 is 20.3 Å². The Morgan fingerprint density at radius 2 is 1.82 bits per heavy atom. The number of nitrogens with zero attached hydrogens (tertiary/aromatic N) is 4. The average molecular weight is 604 g/mol. The van der Waals surface area contributed by atoms with E-state index in [2.05, 4.69) is 15.4 Å². The van der Waals surface area contributed by atoms with Crippen molar-refractivity contribution in [1.82, 2.24) is 9.66 Å². The highest BCUT2D eigenvalue weighted by molar-refractivity contribution is 5.92. The van der Waals surface area contributed by atoms with Crippen molar-refractivity contribution in [3.8, 4) is 23.1 Å². The van der Waals surface area contributed by atoms with Crippen LogP contribution in [-0.2, 0) is 4.79 Å². The first-order valence-electron chi connectivity index (χ1n) is 13.7. The summed E-state index contributed by atoms with van der Waals surface area (Å²) in [5, 5.41) is 20.3. The number of carbonyl (C=O) groups excluding carboxylic acids is 1. The van der Waals surface area contributed by atoms with E-state index in [0.29, 0.717) is 27.9 Å². The van der Waals surface area contributed by atoms with Crippen LogP contribution in [0.1, 0.15) is 11.1 Å². The number of nitrogens with one attached hydrogen (secondary N) is 1. The molecule has 12 nitrogen and oxygen atoms in total. The number of carbonyl (C=O) groups is 1. The standard InChI is InChI=1S/C33H25N5O7/c1-20-11-13-23(14-12-20)35-30(39)19-44-31-26(38(41)42)15-21(16-28(31)43-2)18-34-37-32(29-17-22-7-3-6-10-27(22)45-29)36-25-9-5-4-8-24(25)33(37)40/h3-18H,19H2,1-2H3,(H,35,39). The molecule has 1 N–H and O–H groups in total. The van der Waals surface area contributed by atoms with Crippen LogP contribution in [0.5, 0.6) is 11.5 Å². The smallest absolute Gasteiger partial charge is 0.315 e. The Kier molecular flexibility index (Phi) is 7.76. The maximum absolute atomic E-state index is 13.6.